The van der Waals surface area contributed by atoms with Crippen molar-refractivity contribution in [3.8, 4) is 17.2 Å². The molecule has 0 radical (unpaired) electrons. The molecule has 0 saturated heterocycles. The Labute approximate surface area is 121 Å². The highest BCUT2D eigenvalue weighted by molar-refractivity contribution is 5.91. The number of H-pyrrole nitrogens is 1. The molecule has 0 unspecified atom stereocenters. The summed E-state index contributed by atoms with van der Waals surface area (Å²) >= 11 is 0. The molecular formula is C16H15F2N3. The lowest BCUT2D eigenvalue weighted by Gasteiger charge is -2.13. The Morgan fingerprint density at radius 1 is 1.24 bits per heavy atom. The molecule has 108 valence electrons. The maximum atomic E-state index is 13.4. The molecule has 0 aliphatic carbocycles. The smallest absolute Gasteiger partial charge is 0.267 e. The number of nitrogens with zero attached hydrogens (tertiary/aromatic N) is 1. The predicted octanol–water partition coefficient (Wildman–Crippen LogP) is 4.41. The highest BCUT2D eigenvalue weighted by Crippen LogP contribution is 2.38. The van der Waals surface area contributed by atoms with Crippen LogP contribution < -0.4 is 0 Å². The molecule has 0 bridgehead atoms. The second kappa shape index (κ2) is 5.49. The molecule has 0 spiro atoms. The van der Waals surface area contributed by atoms with E-state index in [1.54, 1.807) is 12.1 Å². The topological polar surface area (TPSA) is 63.4 Å². The van der Waals surface area contributed by atoms with Gasteiger partial charge in [0.15, 0.2) is 0 Å². The van der Waals surface area contributed by atoms with E-state index in [1.165, 1.54) is 0 Å². The predicted molar refractivity (Wildman–Crippen MR) is 78.0 cm³/mol. The van der Waals surface area contributed by atoms with Gasteiger partial charge in [0.05, 0.1) is 11.3 Å². The van der Waals surface area contributed by atoms with Crippen LogP contribution in [-0.2, 0) is 0 Å². The Kier molecular flexibility index (Phi) is 3.90. The Morgan fingerprint density at radius 3 is 2.43 bits per heavy atom. The maximum Gasteiger partial charge on any atom is 0.267 e. The number of rotatable bonds is 3. The van der Waals surface area contributed by atoms with Gasteiger partial charge in [0.2, 0.25) is 0 Å². The first-order chi connectivity index (χ1) is 9.92. The number of hydrogen-bond donors (Lipinski definition) is 2. The standard InChI is InChI=1S/C16H15F2N3/c1-8-4-5-11(10(3)9(8)2)14-12(6-19)21-13(7-20)15(14)16(17)18/h4-6,16,19,21H,1-3H3. The van der Waals surface area contributed by atoms with Gasteiger partial charge in [-0.05, 0) is 43.0 Å². The summed E-state index contributed by atoms with van der Waals surface area (Å²) in [7, 11) is 0. The van der Waals surface area contributed by atoms with Gasteiger partial charge in [0.25, 0.3) is 6.43 Å². The lowest BCUT2D eigenvalue weighted by Crippen LogP contribution is -1.96. The average molecular weight is 287 g/mol. The van der Waals surface area contributed by atoms with E-state index in [0.29, 0.717) is 5.56 Å². The molecule has 1 aromatic carbocycles. The van der Waals surface area contributed by atoms with Crippen LogP contribution in [0.5, 0.6) is 0 Å². The van der Waals surface area contributed by atoms with Crippen molar-refractivity contribution in [3.05, 3.63) is 45.8 Å². The van der Waals surface area contributed by atoms with Crippen molar-refractivity contribution >= 4 is 6.21 Å². The van der Waals surface area contributed by atoms with Crippen molar-refractivity contribution in [2.45, 2.75) is 27.2 Å². The fraction of sp³-hybridized carbons (Fsp3) is 0.250. The molecule has 1 aromatic heterocycles. The number of hydrogen-bond acceptors (Lipinski definition) is 2. The molecule has 1 heterocycles. The van der Waals surface area contributed by atoms with Gasteiger partial charge < -0.3 is 10.4 Å². The van der Waals surface area contributed by atoms with E-state index >= 15 is 0 Å². The zero-order chi connectivity index (χ0) is 15.7. The number of halogens is 2. The molecular weight excluding hydrogens is 272 g/mol. The summed E-state index contributed by atoms with van der Waals surface area (Å²) in [5, 5.41) is 16.4. The molecule has 0 amide bonds. The summed E-state index contributed by atoms with van der Waals surface area (Å²) < 4.78 is 26.8. The second-order valence-corrected chi connectivity index (χ2v) is 4.94. The van der Waals surface area contributed by atoms with Crippen LogP contribution in [0.3, 0.4) is 0 Å². The van der Waals surface area contributed by atoms with Crippen molar-refractivity contribution in [1.29, 1.82) is 10.7 Å². The number of aryl methyl sites for hydroxylation is 1. The zero-order valence-corrected chi connectivity index (χ0v) is 12.0. The fourth-order valence-corrected chi connectivity index (χ4v) is 2.47. The molecule has 2 rings (SSSR count). The lowest BCUT2D eigenvalue weighted by molar-refractivity contribution is 0.152. The number of benzene rings is 1. The Morgan fingerprint density at radius 2 is 1.90 bits per heavy atom. The average Bonchev–Trinajstić information content (AvgIpc) is 2.83. The van der Waals surface area contributed by atoms with Crippen LogP contribution in [-0.4, -0.2) is 11.2 Å². The molecule has 5 heteroatoms. The van der Waals surface area contributed by atoms with Crippen LogP contribution in [0.25, 0.3) is 11.1 Å². The van der Waals surface area contributed by atoms with Gasteiger partial charge in [-0.15, -0.1) is 0 Å². The highest BCUT2D eigenvalue weighted by Gasteiger charge is 2.26. The zero-order valence-electron chi connectivity index (χ0n) is 12.0. The Hall–Kier alpha value is -2.48. The summed E-state index contributed by atoms with van der Waals surface area (Å²) in [6.07, 6.45) is -1.81. The first kappa shape index (κ1) is 14.9. The molecule has 0 aliphatic rings. The monoisotopic (exact) mass is 287 g/mol. The van der Waals surface area contributed by atoms with E-state index in [0.717, 1.165) is 22.9 Å². The molecule has 2 N–H and O–H groups in total. The van der Waals surface area contributed by atoms with E-state index in [-0.39, 0.29) is 22.5 Å². The van der Waals surface area contributed by atoms with Crippen molar-refractivity contribution in [3.63, 3.8) is 0 Å². The van der Waals surface area contributed by atoms with Crippen LogP contribution in [0, 0.1) is 37.5 Å². The molecule has 0 aliphatic heterocycles. The maximum absolute atomic E-state index is 13.4. The SMILES string of the molecule is Cc1ccc(-c2c(C=N)[nH]c(C#N)c2C(F)F)c(C)c1C. The summed E-state index contributed by atoms with van der Waals surface area (Å²) in [4.78, 5) is 2.61. The molecule has 21 heavy (non-hydrogen) atoms. The molecule has 2 aromatic rings. The molecule has 3 nitrogen and oxygen atoms in total. The number of aromatic amines is 1. The van der Waals surface area contributed by atoms with E-state index in [1.807, 2.05) is 26.8 Å². The van der Waals surface area contributed by atoms with Gasteiger partial charge in [0, 0.05) is 11.8 Å². The summed E-state index contributed by atoms with van der Waals surface area (Å²) in [6, 6.07) is 5.37. The quantitative estimate of drug-likeness (QED) is 0.807. The number of nitriles is 1. The first-order valence-corrected chi connectivity index (χ1v) is 6.44. The highest BCUT2D eigenvalue weighted by atomic mass is 19.3. The summed E-state index contributed by atoms with van der Waals surface area (Å²) in [5.74, 6) is 0. The van der Waals surface area contributed by atoms with Gasteiger partial charge >= 0.3 is 0 Å². The third-order valence-electron chi connectivity index (χ3n) is 3.87. The van der Waals surface area contributed by atoms with Crippen LogP contribution in [0.15, 0.2) is 12.1 Å². The molecule has 0 atom stereocenters. The van der Waals surface area contributed by atoms with Crippen molar-refractivity contribution in [2.75, 3.05) is 0 Å². The van der Waals surface area contributed by atoms with Gasteiger partial charge in [-0.2, -0.15) is 5.26 Å². The third-order valence-corrected chi connectivity index (χ3v) is 3.87. The molecule has 0 saturated carbocycles. The normalized spacial score (nSPS) is 10.7. The number of nitrogens with one attached hydrogen (secondary N) is 2. The van der Waals surface area contributed by atoms with E-state index in [2.05, 4.69) is 4.98 Å². The van der Waals surface area contributed by atoms with E-state index in [9.17, 15) is 8.78 Å². The van der Waals surface area contributed by atoms with Crippen LogP contribution in [0.4, 0.5) is 8.78 Å². The van der Waals surface area contributed by atoms with Gasteiger partial charge in [-0.25, -0.2) is 8.78 Å². The second-order valence-electron chi connectivity index (χ2n) is 4.94. The molecule has 0 fully saturated rings. The number of alkyl halides is 2. The van der Waals surface area contributed by atoms with Gasteiger partial charge in [0.1, 0.15) is 11.8 Å². The minimum atomic E-state index is -2.78. The Balaban J connectivity index is 2.86. The van der Waals surface area contributed by atoms with Crippen LogP contribution >= 0.6 is 0 Å². The third kappa shape index (κ3) is 2.33. The minimum Gasteiger partial charge on any atom is -0.345 e. The van der Waals surface area contributed by atoms with Crippen molar-refractivity contribution in [2.24, 2.45) is 0 Å². The fourth-order valence-electron chi connectivity index (χ4n) is 2.47. The van der Waals surface area contributed by atoms with Crippen molar-refractivity contribution in [1.82, 2.24) is 4.98 Å². The van der Waals surface area contributed by atoms with E-state index < -0.39 is 6.43 Å². The number of aromatic nitrogens is 1. The first-order valence-electron chi connectivity index (χ1n) is 6.44. The van der Waals surface area contributed by atoms with Gasteiger partial charge in [-0.3, -0.25) is 0 Å². The Bertz CT molecular complexity index is 752. The van der Waals surface area contributed by atoms with Gasteiger partial charge in [-0.1, -0.05) is 12.1 Å². The van der Waals surface area contributed by atoms with Crippen molar-refractivity contribution < 1.29 is 8.78 Å². The largest absolute Gasteiger partial charge is 0.345 e. The van der Waals surface area contributed by atoms with E-state index in [4.69, 9.17) is 10.7 Å². The summed E-state index contributed by atoms with van der Waals surface area (Å²) in [5.41, 5.74) is 3.56. The minimum absolute atomic E-state index is 0.184. The van der Waals surface area contributed by atoms with Crippen LogP contribution in [0.2, 0.25) is 0 Å². The van der Waals surface area contributed by atoms with Crippen LogP contribution in [0.1, 0.15) is 40.1 Å². The lowest BCUT2D eigenvalue weighted by atomic mass is 9.91. The summed E-state index contributed by atoms with van der Waals surface area (Å²) in [6.45, 7) is 5.74.